The second-order valence-corrected chi connectivity index (χ2v) is 6.35. The van der Waals surface area contributed by atoms with E-state index in [1.807, 2.05) is 12.1 Å². The number of hydrogen-bond donors (Lipinski definition) is 2. The van der Waals surface area contributed by atoms with Gasteiger partial charge in [0, 0.05) is 6.42 Å². The lowest BCUT2D eigenvalue weighted by Crippen LogP contribution is -2.42. The van der Waals surface area contributed by atoms with Gasteiger partial charge in [0.15, 0.2) is 0 Å². The summed E-state index contributed by atoms with van der Waals surface area (Å²) < 4.78 is 0. The van der Waals surface area contributed by atoms with Crippen LogP contribution >= 0.6 is 0 Å². The zero-order valence-corrected chi connectivity index (χ0v) is 12.0. The lowest BCUT2D eigenvalue weighted by Gasteiger charge is -2.28. The van der Waals surface area contributed by atoms with E-state index in [0.717, 1.165) is 12.8 Å². The Balaban J connectivity index is 2.02. The number of nitrogens with one attached hydrogen (secondary N) is 1. The maximum Gasteiger partial charge on any atom is 0.220 e. The predicted octanol–water partition coefficient (Wildman–Crippen LogP) is 2.52. The van der Waals surface area contributed by atoms with Crippen molar-refractivity contribution in [3.05, 3.63) is 35.4 Å². The van der Waals surface area contributed by atoms with E-state index in [-0.39, 0.29) is 11.4 Å². The zero-order valence-electron chi connectivity index (χ0n) is 12.0. The highest BCUT2D eigenvalue weighted by atomic mass is 16.3. The third kappa shape index (κ3) is 3.35. The second kappa shape index (κ2) is 4.97. The molecule has 0 spiro atoms. The van der Waals surface area contributed by atoms with Crippen molar-refractivity contribution in [2.75, 3.05) is 0 Å². The Bertz CT molecular complexity index is 476. The molecule has 0 bridgehead atoms. The van der Waals surface area contributed by atoms with Crippen LogP contribution in [0.4, 0.5) is 0 Å². The Morgan fingerprint density at radius 1 is 1.42 bits per heavy atom. The van der Waals surface area contributed by atoms with Crippen LogP contribution in [0, 0.1) is 0 Å². The molecule has 0 aliphatic heterocycles. The van der Waals surface area contributed by atoms with E-state index in [1.54, 1.807) is 13.8 Å². The Hall–Kier alpha value is -1.35. The summed E-state index contributed by atoms with van der Waals surface area (Å²) >= 11 is 0. The molecule has 0 saturated carbocycles. The summed E-state index contributed by atoms with van der Waals surface area (Å²) in [7, 11) is 0. The molecule has 3 heteroatoms. The smallest absolute Gasteiger partial charge is 0.220 e. The highest BCUT2D eigenvalue weighted by molar-refractivity contribution is 5.77. The van der Waals surface area contributed by atoms with Gasteiger partial charge in [-0.25, -0.2) is 0 Å². The Kier molecular flexibility index (Phi) is 3.68. The van der Waals surface area contributed by atoms with Crippen molar-refractivity contribution in [2.45, 2.75) is 57.6 Å². The van der Waals surface area contributed by atoms with Crippen molar-refractivity contribution >= 4 is 5.91 Å². The number of aryl methyl sites for hydroxylation is 1. The Morgan fingerprint density at radius 3 is 2.79 bits per heavy atom. The molecule has 1 atom stereocenters. The number of carbonyl (C=O) groups is 1. The molecule has 1 amide bonds. The number of aliphatic hydroxyl groups is 1. The molecule has 0 saturated heterocycles. The monoisotopic (exact) mass is 261 g/mol. The van der Waals surface area contributed by atoms with E-state index < -0.39 is 5.60 Å². The molecule has 0 unspecified atom stereocenters. The van der Waals surface area contributed by atoms with Gasteiger partial charge in [-0.05, 0) is 51.2 Å². The normalized spacial score (nSPS) is 22.1. The summed E-state index contributed by atoms with van der Waals surface area (Å²) in [4.78, 5) is 12.0. The van der Waals surface area contributed by atoms with Gasteiger partial charge in [0.1, 0.15) is 0 Å². The van der Waals surface area contributed by atoms with E-state index in [4.69, 9.17) is 0 Å². The third-order valence-electron chi connectivity index (χ3n) is 3.89. The highest BCUT2D eigenvalue weighted by Gasteiger charge is 2.35. The molecule has 0 fully saturated rings. The Morgan fingerprint density at radius 2 is 2.11 bits per heavy atom. The van der Waals surface area contributed by atoms with Crippen molar-refractivity contribution in [2.24, 2.45) is 0 Å². The molecule has 0 aromatic heterocycles. The number of amides is 1. The van der Waals surface area contributed by atoms with E-state index in [9.17, 15) is 9.90 Å². The minimum absolute atomic E-state index is 0.0151. The Labute approximate surface area is 115 Å². The molecule has 3 nitrogen and oxygen atoms in total. The molecule has 104 valence electrons. The fraction of sp³-hybridized carbons (Fsp3) is 0.562. The van der Waals surface area contributed by atoms with Gasteiger partial charge >= 0.3 is 0 Å². The van der Waals surface area contributed by atoms with Gasteiger partial charge < -0.3 is 10.4 Å². The molecular formula is C16H23NO2. The molecule has 1 aromatic rings. The number of fused-ring (bicyclic) bond motifs is 1. The van der Waals surface area contributed by atoms with Crippen LogP contribution in [-0.2, 0) is 16.8 Å². The molecule has 1 aromatic carbocycles. The topological polar surface area (TPSA) is 49.3 Å². The van der Waals surface area contributed by atoms with Crippen LogP contribution < -0.4 is 5.32 Å². The van der Waals surface area contributed by atoms with Crippen LogP contribution in [0.3, 0.4) is 0 Å². The van der Waals surface area contributed by atoms with Crippen LogP contribution in [0.2, 0.25) is 0 Å². The lowest BCUT2D eigenvalue weighted by molar-refractivity contribution is -0.124. The minimum Gasteiger partial charge on any atom is -0.390 e. The van der Waals surface area contributed by atoms with Crippen molar-refractivity contribution in [3.63, 3.8) is 0 Å². The summed E-state index contributed by atoms with van der Waals surface area (Å²) in [6.45, 7) is 5.54. The van der Waals surface area contributed by atoms with E-state index >= 15 is 0 Å². The molecular weight excluding hydrogens is 238 g/mol. The average Bonchev–Trinajstić information content (AvgIpc) is 2.65. The van der Waals surface area contributed by atoms with Gasteiger partial charge in [0.05, 0.1) is 11.1 Å². The van der Waals surface area contributed by atoms with E-state index in [2.05, 4.69) is 24.4 Å². The van der Waals surface area contributed by atoms with Crippen LogP contribution in [-0.4, -0.2) is 16.6 Å². The van der Waals surface area contributed by atoms with Gasteiger partial charge in [0.2, 0.25) is 5.91 Å². The third-order valence-corrected chi connectivity index (χ3v) is 3.89. The second-order valence-electron chi connectivity index (χ2n) is 6.35. The van der Waals surface area contributed by atoms with Crippen molar-refractivity contribution < 1.29 is 9.90 Å². The quantitative estimate of drug-likeness (QED) is 0.875. The molecule has 1 aliphatic rings. The summed E-state index contributed by atoms with van der Waals surface area (Å²) in [6, 6.07) is 8.29. The van der Waals surface area contributed by atoms with Crippen LogP contribution in [0.25, 0.3) is 0 Å². The summed E-state index contributed by atoms with van der Waals surface area (Å²) in [5.74, 6) is 0.0151. The first-order chi connectivity index (χ1) is 8.80. The fourth-order valence-electron chi connectivity index (χ4n) is 2.72. The summed E-state index contributed by atoms with van der Waals surface area (Å²) in [6.07, 6.45) is 2.80. The number of hydrogen-bond acceptors (Lipinski definition) is 2. The first-order valence-electron chi connectivity index (χ1n) is 6.92. The van der Waals surface area contributed by atoms with Crippen LogP contribution in [0.5, 0.6) is 0 Å². The SMILES string of the molecule is CC(C)(O)CCC(=O)N[C@@]1(C)CCc2ccccc21. The number of rotatable bonds is 4. The molecule has 2 N–H and O–H groups in total. The average molecular weight is 261 g/mol. The van der Waals surface area contributed by atoms with Crippen molar-refractivity contribution in [3.8, 4) is 0 Å². The van der Waals surface area contributed by atoms with Crippen LogP contribution in [0.15, 0.2) is 24.3 Å². The largest absolute Gasteiger partial charge is 0.390 e. The van der Waals surface area contributed by atoms with E-state index in [1.165, 1.54) is 11.1 Å². The van der Waals surface area contributed by atoms with Gasteiger partial charge in [-0.3, -0.25) is 4.79 Å². The lowest BCUT2D eigenvalue weighted by atomic mass is 9.93. The van der Waals surface area contributed by atoms with Gasteiger partial charge in [0.25, 0.3) is 0 Å². The van der Waals surface area contributed by atoms with Crippen molar-refractivity contribution in [1.82, 2.24) is 5.32 Å². The summed E-state index contributed by atoms with van der Waals surface area (Å²) in [5.41, 5.74) is 1.51. The first-order valence-corrected chi connectivity index (χ1v) is 6.92. The fourth-order valence-corrected chi connectivity index (χ4v) is 2.72. The highest BCUT2D eigenvalue weighted by Crippen LogP contribution is 2.36. The van der Waals surface area contributed by atoms with Gasteiger partial charge in [-0.2, -0.15) is 0 Å². The zero-order chi connectivity index (χ0) is 14.1. The minimum atomic E-state index is -0.786. The van der Waals surface area contributed by atoms with Gasteiger partial charge in [-0.1, -0.05) is 24.3 Å². The number of benzene rings is 1. The maximum atomic E-state index is 12.0. The maximum absolute atomic E-state index is 12.0. The summed E-state index contributed by atoms with van der Waals surface area (Å²) in [5, 5.41) is 12.8. The van der Waals surface area contributed by atoms with Crippen LogP contribution in [0.1, 0.15) is 51.2 Å². The number of carbonyl (C=O) groups excluding carboxylic acids is 1. The standard InChI is InChI=1S/C16H23NO2/c1-15(2,19)10-9-14(18)17-16(3)11-8-12-6-4-5-7-13(12)16/h4-7,19H,8-11H2,1-3H3,(H,17,18)/t16-/m0/s1. The molecule has 19 heavy (non-hydrogen) atoms. The van der Waals surface area contributed by atoms with Crippen molar-refractivity contribution in [1.29, 1.82) is 0 Å². The van der Waals surface area contributed by atoms with E-state index in [0.29, 0.717) is 12.8 Å². The van der Waals surface area contributed by atoms with Gasteiger partial charge in [-0.15, -0.1) is 0 Å². The molecule has 0 radical (unpaired) electrons. The molecule has 1 aliphatic carbocycles. The first kappa shape index (κ1) is 14.1. The molecule has 0 heterocycles. The molecule has 2 rings (SSSR count). The predicted molar refractivity (Wildman–Crippen MR) is 75.8 cm³/mol.